The van der Waals surface area contributed by atoms with E-state index >= 15 is 0 Å². The van der Waals surface area contributed by atoms with Crippen LogP contribution in [0.1, 0.15) is 23.6 Å². The molecule has 0 radical (unpaired) electrons. The molecule has 3 aromatic carbocycles. The van der Waals surface area contributed by atoms with E-state index in [1.165, 1.54) is 6.92 Å². The van der Waals surface area contributed by atoms with E-state index in [-0.39, 0.29) is 11.8 Å². The number of carbonyl (C=O) groups excluding carboxylic acids is 2. The summed E-state index contributed by atoms with van der Waals surface area (Å²) >= 11 is 0. The number of amides is 2. The summed E-state index contributed by atoms with van der Waals surface area (Å²) < 4.78 is 1.89. The molecule has 3 N–H and O–H groups in total. The first-order valence-electron chi connectivity index (χ1n) is 12.3. The van der Waals surface area contributed by atoms with Gasteiger partial charge in [-0.05, 0) is 39.9 Å². The third kappa shape index (κ3) is 5.78. The lowest BCUT2D eigenvalue weighted by Crippen LogP contribution is -2.47. The van der Waals surface area contributed by atoms with Crippen LogP contribution < -0.4 is 10.6 Å². The van der Waals surface area contributed by atoms with Crippen LogP contribution in [0.15, 0.2) is 97.5 Å². The maximum absolute atomic E-state index is 13.2. The second kappa shape index (κ2) is 11.0. The average Bonchev–Trinajstić information content (AvgIpc) is 3.57. The van der Waals surface area contributed by atoms with E-state index in [1.54, 1.807) is 6.20 Å². The van der Waals surface area contributed by atoms with Crippen LogP contribution in [0.25, 0.3) is 22.0 Å². The number of H-pyrrole nitrogens is 1. The molecule has 2 aromatic heterocycles. The van der Waals surface area contributed by atoms with Crippen LogP contribution in [-0.4, -0.2) is 32.6 Å². The van der Waals surface area contributed by atoms with E-state index in [2.05, 4.69) is 51.0 Å². The summed E-state index contributed by atoms with van der Waals surface area (Å²) in [4.78, 5) is 28.3. The molecule has 0 aliphatic carbocycles. The van der Waals surface area contributed by atoms with E-state index in [9.17, 15) is 9.59 Å². The molecule has 0 fully saturated rings. The van der Waals surface area contributed by atoms with Crippen LogP contribution >= 0.6 is 0 Å². The highest BCUT2D eigenvalue weighted by molar-refractivity contribution is 5.89. The van der Waals surface area contributed by atoms with Gasteiger partial charge in [0.05, 0.1) is 6.54 Å². The van der Waals surface area contributed by atoms with Crippen LogP contribution in [0.3, 0.4) is 0 Å². The number of nitrogens with one attached hydrogen (secondary N) is 3. The molecule has 1 unspecified atom stereocenters. The smallest absolute Gasteiger partial charge is 0.243 e. The highest BCUT2D eigenvalue weighted by Gasteiger charge is 2.21. The fourth-order valence-electron chi connectivity index (χ4n) is 4.61. The Labute approximate surface area is 215 Å². The number of carbonyl (C=O) groups is 2. The van der Waals surface area contributed by atoms with Gasteiger partial charge in [0.1, 0.15) is 6.04 Å². The molecule has 1 atom stereocenters. The van der Waals surface area contributed by atoms with Crippen molar-refractivity contribution in [3.05, 3.63) is 114 Å². The minimum absolute atomic E-state index is 0.218. The predicted octanol–water partition coefficient (Wildman–Crippen LogP) is 4.44. The van der Waals surface area contributed by atoms with Gasteiger partial charge in [0.15, 0.2) is 0 Å². The Morgan fingerprint density at radius 2 is 1.73 bits per heavy atom. The number of hydrogen-bond acceptors (Lipinski definition) is 3. The van der Waals surface area contributed by atoms with Crippen molar-refractivity contribution in [2.75, 3.05) is 0 Å². The minimum Gasteiger partial charge on any atom is -0.361 e. The number of hydrogen-bond donors (Lipinski definition) is 3. The van der Waals surface area contributed by atoms with E-state index in [1.807, 2.05) is 65.6 Å². The molecule has 0 aliphatic heterocycles. The lowest BCUT2D eigenvalue weighted by atomic mass is 9.98. The number of para-hydroxylation sites is 1. The monoisotopic (exact) mass is 491 g/mol. The van der Waals surface area contributed by atoms with Gasteiger partial charge in [-0.2, -0.15) is 5.10 Å². The number of fused-ring (bicyclic) bond motifs is 1. The SMILES string of the molecule is CC(=O)NC(Cc1c[nH]c2ccccc12)C(=O)NCc1ccccc1-c1ccc(Cn2cccn2)cc1. The van der Waals surface area contributed by atoms with Crippen LogP contribution in [0, 0.1) is 0 Å². The molecule has 0 bridgehead atoms. The summed E-state index contributed by atoms with van der Waals surface area (Å²) in [6.45, 7) is 2.50. The van der Waals surface area contributed by atoms with Gasteiger partial charge in [0.2, 0.25) is 11.8 Å². The second-order valence-corrected chi connectivity index (χ2v) is 9.09. The van der Waals surface area contributed by atoms with Gasteiger partial charge in [-0.1, -0.05) is 66.7 Å². The zero-order chi connectivity index (χ0) is 25.6. The van der Waals surface area contributed by atoms with Gasteiger partial charge < -0.3 is 15.6 Å². The molecular weight excluding hydrogens is 462 g/mol. The minimum atomic E-state index is -0.676. The van der Waals surface area contributed by atoms with E-state index < -0.39 is 6.04 Å². The Balaban J connectivity index is 1.29. The summed E-state index contributed by atoms with van der Waals surface area (Å²) in [5.74, 6) is -0.458. The maximum Gasteiger partial charge on any atom is 0.243 e. The first-order chi connectivity index (χ1) is 18.1. The zero-order valence-electron chi connectivity index (χ0n) is 20.6. The number of benzene rings is 3. The third-order valence-corrected chi connectivity index (χ3v) is 6.43. The average molecular weight is 492 g/mol. The molecule has 0 spiro atoms. The molecule has 5 aromatic rings. The lowest BCUT2D eigenvalue weighted by molar-refractivity contribution is -0.128. The predicted molar refractivity (Wildman–Crippen MR) is 145 cm³/mol. The highest BCUT2D eigenvalue weighted by atomic mass is 16.2. The molecular formula is C30H29N5O2. The number of aromatic amines is 1. The molecule has 5 rings (SSSR count). The zero-order valence-corrected chi connectivity index (χ0v) is 20.6. The van der Waals surface area contributed by atoms with Crippen LogP contribution in [-0.2, 0) is 29.1 Å². The first-order valence-corrected chi connectivity index (χ1v) is 12.3. The molecule has 7 heteroatoms. The third-order valence-electron chi connectivity index (χ3n) is 6.43. The van der Waals surface area contributed by atoms with Gasteiger partial charge in [0.25, 0.3) is 0 Å². The maximum atomic E-state index is 13.2. The van der Waals surface area contributed by atoms with Crippen molar-refractivity contribution in [1.82, 2.24) is 25.4 Å². The quantitative estimate of drug-likeness (QED) is 0.285. The Kier molecular flexibility index (Phi) is 7.12. The Hall–Kier alpha value is -4.65. The molecule has 2 heterocycles. The van der Waals surface area contributed by atoms with Crippen molar-refractivity contribution in [3.63, 3.8) is 0 Å². The van der Waals surface area contributed by atoms with Gasteiger partial charge in [-0.15, -0.1) is 0 Å². The topological polar surface area (TPSA) is 91.8 Å². The molecule has 186 valence electrons. The molecule has 37 heavy (non-hydrogen) atoms. The second-order valence-electron chi connectivity index (χ2n) is 9.09. The summed E-state index contributed by atoms with van der Waals surface area (Å²) in [5, 5.41) is 11.2. The number of aromatic nitrogens is 3. The van der Waals surface area contributed by atoms with Crippen molar-refractivity contribution in [2.24, 2.45) is 0 Å². The molecule has 0 aliphatic rings. The van der Waals surface area contributed by atoms with E-state index in [4.69, 9.17) is 0 Å². The summed E-state index contributed by atoms with van der Waals surface area (Å²) in [6, 6.07) is 25.6. The summed E-state index contributed by atoms with van der Waals surface area (Å²) in [5.41, 5.74) is 6.29. The number of nitrogens with zero attached hydrogens (tertiary/aromatic N) is 2. The van der Waals surface area contributed by atoms with Crippen molar-refractivity contribution in [2.45, 2.75) is 32.5 Å². The fourth-order valence-corrected chi connectivity index (χ4v) is 4.61. The normalized spacial score (nSPS) is 11.8. The Morgan fingerprint density at radius 3 is 2.51 bits per heavy atom. The van der Waals surface area contributed by atoms with Crippen LogP contribution in [0.5, 0.6) is 0 Å². The van der Waals surface area contributed by atoms with Gasteiger partial charge in [-0.25, -0.2) is 0 Å². The highest BCUT2D eigenvalue weighted by Crippen LogP contribution is 2.25. The van der Waals surface area contributed by atoms with Gasteiger partial charge in [0, 0.05) is 49.4 Å². The Morgan fingerprint density at radius 1 is 0.946 bits per heavy atom. The van der Waals surface area contributed by atoms with Crippen molar-refractivity contribution in [1.29, 1.82) is 0 Å². The van der Waals surface area contributed by atoms with E-state index in [0.717, 1.165) is 38.7 Å². The number of rotatable bonds is 9. The summed E-state index contributed by atoms with van der Waals surface area (Å²) in [7, 11) is 0. The van der Waals surface area contributed by atoms with Crippen LogP contribution in [0.4, 0.5) is 0 Å². The summed E-state index contributed by atoms with van der Waals surface area (Å²) in [6.07, 6.45) is 6.02. The molecule has 0 saturated heterocycles. The van der Waals surface area contributed by atoms with Crippen molar-refractivity contribution in [3.8, 4) is 11.1 Å². The molecule has 7 nitrogen and oxygen atoms in total. The molecule has 0 saturated carbocycles. The lowest BCUT2D eigenvalue weighted by Gasteiger charge is -2.18. The van der Waals surface area contributed by atoms with Crippen molar-refractivity contribution >= 4 is 22.7 Å². The van der Waals surface area contributed by atoms with E-state index in [0.29, 0.717) is 19.5 Å². The fraction of sp³-hybridized carbons (Fsp3) is 0.167. The molecule has 2 amide bonds. The standard InChI is InChI=1S/C30H29N5O2/c1-21(36)34-29(17-25-19-31-28-10-5-4-9-27(25)28)30(37)32-18-24-7-2-3-8-26(24)23-13-11-22(12-14-23)20-35-16-6-15-33-35/h2-16,19,29,31H,17-18,20H2,1H3,(H,32,37)(H,34,36). The van der Waals surface area contributed by atoms with Crippen molar-refractivity contribution < 1.29 is 9.59 Å². The van der Waals surface area contributed by atoms with Gasteiger partial charge >= 0.3 is 0 Å². The Bertz CT molecular complexity index is 1500. The largest absolute Gasteiger partial charge is 0.361 e. The first kappa shape index (κ1) is 24.1. The van der Waals surface area contributed by atoms with Gasteiger partial charge in [-0.3, -0.25) is 14.3 Å². The van der Waals surface area contributed by atoms with Crippen LogP contribution in [0.2, 0.25) is 0 Å².